The van der Waals surface area contributed by atoms with Crippen molar-refractivity contribution < 1.29 is 0 Å². The van der Waals surface area contributed by atoms with Gasteiger partial charge in [0, 0.05) is 29.2 Å². The molecular formula is C17H25N3S. The Hall–Kier alpha value is -1.26. The summed E-state index contributed by atoms with van der Waals surface area (Å²) in [5, 5.41) is 4.91. The van der Waals surface area contributed by atoms with Crippen LogP contribution in [0.25, 0.3) is 0 Å². The second-order valence-electron chi connectivity index (χ2n) is 5.46. The van der Waals surface area contributed by atoms with Crippen LogP contribution in [0.1, 0.15) is 41.0 Å². The molecule has 0 radical (unpaired) electrons. The van der Waals surface area contributed by atoms with Crippen LogP contribution >= 0.6 is 11.3 Å². The van der Waals surface area contributed by atoms with Gasteiger partial charge in [-0.15, -0.1) is 11.3 Å². The summed E-state index contributed by atoms with van der Waals surface area (Å²) in [5.74, 6) is 0. The molecule has 3 nitrogen and oxygen atoms in total. The van der Waals surface area contributed by atoms with Gasteiger partial charge in [0.05, 0.1) is 10.7 Å². The topological polar surface area (TPSA) is 37.8 Å². The number of nitrogens with one attached hydrogen (secondary N) is 1. The number of rotatable bonds is 8. The molecule has 0 aromatic carbocycles. The zero-order chi connectivity index (χ0) is 15.1. The third-order valence-corrected chi connectivity index (χ3v) is 4.75. The van der Waals surface area contributed by atoms with Gasteiger partial charge in [-0.2, -0.15) is 0 Å². The molecule has 21 heavy (non-hydrogen) atoms. The minimum Gasteiger partial charge on any atom is -0.314 e. The van der Waals surface area contributed by atoms with Crippen molar-refractivity contribution in [2.45, 2.75) is 52.5 Å². The Labute approximate surface area is 131 Å². The highest BCUT2D eigenvalue weighted by atomic mass is 32.1. The van der Waals surface area contributed by atoms with E-state index in [9.17, 15) is 0 Å². The van der Waals surface area contributed by atoms with Crippen molar-refractivity contribution in [3.05, 3.63) is 45.7 Å². The fourth-order valence-electron chi connectivity index (χ4n) is 2.33. The van der Waals surface area contributed by atoms with E-state index >= 15 is 0 Å². The molecule has 0 spiro atoms. The van der Waals surface area contributed by atoms with Crippen LogP contribution in [-0.4, -0.2) is 22.6 Å². The molecule has 0 saturated heterocycles. The number of aryl methyl sites for hydroxylation is 3. The van der Waals surface area contributed by atoms with Gasteiger partial charge in [0.1, 0.15) is 0 Å². The first-order chi connectivity index (χ1) is 10.2. The predicted molar refractivity (Wildman–Crippen MR) is 89.9 cm³/mol. The summed E-state index contributed by atoms with van der Waals surface area (Å²) < 4.78 is 0. The molecular weight excluding hydrogens is 278 g/mol. The van der Waals surface area contributed by atoms with Gasteiger partial charge in [0.15, 0.2) is 0 Å². The van der Waals surface area contributed by atoms with Crippen molar-refractivity contribution in [2.75, 3.05) is 6.54 Å². The molecule has 0 fully saturated rings. The fraction of sp³-hybridized carbons (Fsp3) is 0.529. The number of thiazole rings is 1. The van der Waals surface area contributed by atoms with Gasteiger partial charge in [-0.25, -0.2) is 4.98 Å². The summed E-state index contributed by atoms with van der Waals surface area (Å²) in [7, 11) is 0. The third-order valence-electron chi connectivity index (χ3n) is 3.65. The molecule has 114 valence electrons. The summed E-state index contributed by atoms with van der Waals surface area (Å²) in [5.41, 5.74) is 2.35. The van der Waals surface area contributed by atoms with E-state index in [2.05, 4.69) is 48.2 Å². The lowest BCUT2D eigenvalue weighted by Gasteiger charge is -2.17. The normalized spacial score (nSPS) is 12.5. The lowest BCUT2D eigenvalue weighted by atomic mass is 10.1. The van der Waals surface area contributed by atoms with Crippen molar-refractivity contribution in [3.8, 4) is 0 Å². The Bertz CT molecular complexity index is 517. The summed E-state index contributed by atoms with van der Waals surface area (Å²) in [6.07, 6.45) is 6.18. The number of nitrogens with zero attached hydrogens (tertiary/aromatic N) is 2. The molecule has 0 bridgehead atoms. The molecule has 4 heteroatoms. The van der Waals surface area contributed by atoms with Crippen LogP contribution in [0.2, 0.25) is 0 Å². The van der Waals surface area contributed by atoms with E-state index in [1.165, 1.54) is 21.3 Å². The van der Waals surface area contributed by atoms with E-state index in [0.717, 1.165) is 32.2 Å². The molecule has 2 aromatic heterocycles. The Balaban J connectivity index is 1.93. The highest BCUT2D eigenvalue weighted by Crippen LogP contribution is 2.19. The molecule has 2 aromatic rings. The molecule has 0 aliphatic rings. The van der Waals surface area contributed by atoms with E-state index in [4.69, 9.17) is 0 Å². The van der Waals surface area contributed by atoms with Crippen LogP contribution in [0.15, 0.2) is 24.4 Å². The summed E-state index contributed by atoms with van der Waals surface area (Å²) in [4.78, 5) is 10.4. The Morgan fingerprint density at radius 2 is 2.14 bits per heavy atom. The molecule has 1 atom stereocenters. The fourth-order valence-corrected chi connectivity index (χ4v) is 3.34. The van der Waals surface area contributed by atoms with Gasteiger partial charge in [0.2, 0.25) is 0 Å². The van der Waals surface area contributed by atoms with Gasteiger partial charge in [-0.3, -0.25) is 4.98 Å². The lowest BCUT2D eigenvalue weighted by molar-refractivity contribution is 0.475. The second-order valence-corrected chi connectivity index (χ2v) is 6.75. The molecule has 2 rings (SSSR count). The molecule has 0 aliphatic heterocycles. The Morgan fingerprint density at radius 3 is 2.76 bits per heavy atom. The SMILES string of the molecule is CCCNC(CCc1ccccn1)Cc1nc(C)c(C)s1. The van der Waals surface area contributed by atoms with Crippen LogP contribution in [0, 0.1) is 13.8 Å². The van der Waals surface area contributed by atoms with Gasteiger partial charge < -0.3 is 5.32 Å². The maximum Gasteiger partial charge on any atom is 0.0946 e. The zero-order valence-electron chi connectivity index (χ0n) is 13.2. The van der Waals surface area contributed by atoms with Crippen molar-refractivity contribution in [1.29, 1.82) is 0 Å². The van der Waals surface area contributed by atoms with Gasteiger partial charge in [-0.1, -0.05) is 13.0 Å². The predicted octanol–water partition coefficient (Wildman–Crippen LogP) is 3.70. The van der Waals surface area contributed by atoms with Crippen LogP contribution in [0.4, 0.5) is 0 Å². The first-order valence-corrected chi connectivity index (χ1v) is 8.57. The second kappa shape index (κ2) is 8.25. The van der Waals surface area contributed by atoms with Crippen molar-refractivity contribution in [1.82, 2.24) is 15.3 Å². The molecule has 1 unspecified atom stereocenters. The lowest BCUT2D eigenvalue weighted by Crippen LogP contribution is -2.32. The van der Waals surface area contributed by atoms with Crippen molar-refractivity contribution in [2.24, 2.45) is 0 Å². The van der Waals surface area contributed by atoms with E-state index in [-0.39, 0.29) is 0 Å². The third kappa shape index (κ3) is 5.21. The minimum absolute atomic E-state index is 0.483. The largest absolute Gasteiger partial charge is 0.314 e. The van der Waals surface area contributed by atoms with E-state index in [1.807, 2.05) is 23.6 Å². The molecule has 0 saturated carbocycles. The Morgan fingerprint density at radius 1 is 1.29 bits per heavy atom. The molecule has 1 N–H and O–H groups in total. The van der Waals surface area contributed by atoms with Crippen molar-refractivity contribution >= 4 is 11.3 Å². The summed E-state index contributed by atoms with van der Waals surface area (Å²) in [6.45, 7) is 7.52. The molecule has 0 aliphatic carbocycles. The highest BCUT2D eigenvalue weighted by molar-refractivity contribution is 7.11. The highest BCUT2D eigenvalue weighted by Gasteiger charge is 2.13. The maximum atomic E-state index is 4.68. The van der Waals surface area contributed by atoms with Gasteiger partial charge in [-0.05, 0) is 51.8 Å². The Kier molecular flexibility index (Phi) is 6.33. The van der Waals surface area contributed by atoms with E-state index in [1.54, 1.807) is 0 Å². The minimum atomic E-state index is 0.483. The van der Waals surface area contributed by atoms with E-state index in [0.29, 0.717) is 6.04 Å². The summed E-state index contributed by atoms with van der Waals surface area (Å²) >= 11 is 1.83. The first kappa shape index (κ1) is 16.1. The van der Waals surface area contributed by atoms with Gasteiger partial charge in [0.25, 0.3) is 0 Å². The van der Waals surface area contributed by atoms with Crippen LogP contribution < -0.4 is 5.32 Å². The number of hydrogen-bond donors (Lipinski definition) is 1. The average molecular weight is 303 g/mol. The smallest absolute Gasteiger partial charge is 0.0946 e. The average Bonchev–Trinajstić information content (AvgIpc) is 2.81. The summed E-state index contributed by atoms with van der Waals surface area (Å²) in [6, 6.07) is 6.62. The standard InChI is InChI=1S/C17H25N3S/c1-4-10-18-16(9-8-15-7-5-6-11-19-15)12-17-20-13(2)14(3)21-17/h5-7,11,16,18H,4,8-10,12H2,1-3H3. The molecule has 0 amide bonds. The first-order valence-electron chi connectivity index (χ1n) is 7.75. The number of pyridine rings is 1. The van der Waals surface area contributed by atoms with Gasteiger partial charge >= 0.3 is 0 Å². The van der Waals surface area contributed by atoms with E-state index < -0.39 is 0 Å². The number of aromatic nitrogens is 2. The van der Waals surface area contributed by atoms with Crippen LogP contribution in [-0.2, 0) is 12.8 Å². The van der Waals surface area contributed by atoms with Crippen LogP contribution in [0.3, 0.4) is 0 Å². The monoisotopic (exact) mass is 303 g/mol. The molecule has 2 heterocycles. The maximum absolute atomic E-state index is 4.68. The quantitative estimate of drug-likeness (QED) is 0.808. The van der Waals surface area contributed by atoms with Crippen molar-refractivity contribution in [3.63, 3.8) is 0 Å². The number of hydrogen-bond acceptors (Lipinski definition) is 4. The zero-order valence-corrected chi connectivity index (χ0v) is 14.0. The van der Waals surface area contributed by atoms with Crippen LogP contribution in [0.5, 0.6) is 0 Å².